The lowest BCUT2D eigenvalue weighted by Gasteiger charge is -2.08. The van der Waals surface area contributed by atoms with E-state index in [0.29, 0.717) is 18.6 Å². The van der Waals surface area contributed by atoms with Crippen LogP contribution in [0.3, 0.4) is 0 Å². The first-order valence-electron chi connectivity index (χ1n) is 7.77. The highest BCUT2D eigenvalue weighted by atomic mass is 32.2. The molecule has 0 saturated carbocycles. The molecule has 0 aromatic heterocycles. The summed E-state index contributed by atoms with van der Waals surface area (Å²) in [6, 6.07) is 15.6. The Labute approximate surface area is 146 Å². The van der Waals surface area contributed by atoms with Crippen molar-refractivity contribution in [3.63, 3.8) is 0 Å². The zero-order valence-corrected chi connectivity index (χ0v) is 14.4. The van der Waals surface area contributed by atoms with Crippen molar-refractivity contribution in [3.05, 3.63) is 65.2 Å². The van der Waals surface area contributed by atoms with Crippen LogP contribution in [0.15, 0.2) is 48.5 Å². The lowest BCUT2D eigenvalue weighted by atomic mass is 10.0. The molecule has 2 aromatic rings. The third kappa shape index (κ3) is 6.08. The van der Waals surface area contributed by atoms with E-state index in [0.717, 1.165) is 11.3 Å². The first-order valence-corrected chi connectivity index (χ1v) is 8.93. The largest absolute Gasteiger partial charge is 0.481 e. The Hall–Kier alpha value is -2.27. The minimum atomic E-state index is -0.819. The number of thioether (sulfide) groups is 1. The van der Waals surface area contributed by atoms with Gasteiger partial charge in [-0.25, -0.2) is 0 Å². The first kappa shape index (κ1) is 18.1. The Balaban J connectivity index is 1.85. The number of amides is 1. The topological polar surface area (TPSA) is 66.4 Å². The molecule has 0 heterocycles. The number of carboxylic acid groups (broad SMARTS) is 1. The molecule has 0 saturated heterocycles. The third-order valence-electron chi connectivity index (χ3n) is 3.59. The summed E-state index contributed by atoms with van der Waals surface area (Å²) in [5.41, 5.74) is 4.13. The summed E-state index contributed by atoms with van der Waals surface area (Å²) in [6.45, 7) is 2.05. The molecule has 5 heteroatoms. The zero-order valence-electron chi connectivity index (χ0n) is 13.6. The number of anilines is 1. The van der Waals surface area contributed by atoms with Gasteiger partial charge in [0.25, 0.3) is 0 Å². The molecule has 24 heavy (non-hydrogen) atoms. The van der Waals surface area contributed by atoms with Crippen LogP contribution in [0.1, 0.15) is 23.1 Å². The van der Waals surface area contributed by atoms with Crippen molar-refractivity contribution in [1.29, 1.82) is 0 Å². The highest BCUT2D eigenvalue weighted by molar-refractivity contribution is 7.99. The Morgan fingerprint density at radius 2 is 1.92 bits per heavy atom. The van der Waals surface area contributed by atoms with E-state index < -0.39 is 5.97 Å². The fraction of sp³-hybridized carbons (Fsp3) is 0.263. The molecule has 0 atom stereocenters. The Bertz CT molecular complexity index is 715. The second-order valence-corrected chi connectivity index (χ2v) is 6.55. The standard InChI is InChI=1S/C19H21NO3S/c1-14-5-2-3-7-16(14)9-10-18(21)20-17-8-4-6-15(11-17)12-24-13-19(22)23/h2-8,11H,9-10,12-13H2,1H3,(H,20,21)(H,22,23). The number of hydrogen-bond donors (Lipinski definition) is 2. The number of benzene rings is 2. The summed E-state index contributed by atoms with van der Waals surface area (Å²) in [7, 11) is 0. The van der Waals surface area contributed by atoms with Crippen LogP contribution in [0.2, 0.25) is 0 Å². The monoisotopic (exact) mass is 343 g/mol. The summed E-state index contributed by atoms with van der Waals surface area (Å²) in [6.07, 6.45) is 1.15. The van der Waals surface area contributed by atoms with Gasteiger partial charge in [-0.3, -0.25) is 9.59 Å². The van der Waals surface area contributed by atoms with Gasteiger partial charge in [-0.05, 0) is 42.2 Å². The van der Waals surface area contributed by atoms with E-state index in [1.807, 2.05) is 55.5 Å². The van der Waals surface area contributed by atoms with Crippen molar-refractivity contribution < 1.29 is 14.7 Å². The molecule has 0 radical (unpaired) electrons. The van der Waals surface area contributed by atoms with Gasteiger partial charge in [0.1, 0.15) is 0 Å². The molecule has 2 N–H and O–H groups in total. The maximum atomic E-state index is 12.1. The van der Waals surface area contributed by atoms with Crippen LogP contribution < -0.4 is 5.32 Å². The van der Waals surface area contributed by atoms with E-state index in [9.17, 15) is 9.59 Å². The van der Waals surface area contributed by atoms with Crippen LogP contribution in [0.5, 0.6) is 0 Å². The lowest BCUT2D eigenvalue weighted by molar-refractivity contribution is -0.133. The Kier molecular flexibility index (Phi) is 6.88. The van der Waals surface area contributed by atoms with Crippen molar-refractivity contribution in [2.75, 3.05) is 11.1 Å². The quantitative estimate of drug-likeness (QED) is 0.763. The number of aliphatic carboxylic acids is 1. The van der Waals surface area contributed by atoms with E-state index >= 15 is 0 Å². The highest BCUT2D eigenvalue weighted by Crippen LogP contribution is 2.17. The summed E-state index contributed by atoms with van der Waals surface area (Å²) in [5, 5.41) is 11.6. The van der Waals surface area contributed by atoms with Crippen LogP contribution in [0.25, 0.3) is 0 Å². The van der Waals surface area contributed by atoms with E-state index in [-0.39, 0.29) is 11.7 Å². The zero-order chi connectivity index (χ0) is 17.4. The normalized spacial score (nSPS) is 10.4. The van der Waals surface area contributed by atoms with Crippen LogP contribution in [-0.2, 0) is 21.8 Å². The molecule has 0 aliphatic carbocycles. The molecule has 126 valence electrons. The molecule has 0 unspecified atom stereocenters. The molecule has 2 aromatic carbocycles. The number of carboxylic acids is 1. The molecule has 0 fully saturated rings. The molecule has 0 bridgehead atoms. The van der Waals surface area contributed by atoms with Crippen LogP contribution in [0.4, 0.5) is 5.69 Å². The van der Waals surface area contributed by atoms with E-state index in [2.05, 4.69) is 5.32 Å². The molecule has 0 aliphatic heterocycles. The maximum Gasteiger partial charge on any atom is 0.313 e. The van der Waals surface area contributed by atoms with Crippen molar-refractivity contribution >= 4 is 29.3 Å². The van der Waals surface area contributed by atoms with E-state index in [4.69, 9.17) is 5.11 Å². The fourth-order valence-electron chi connectivity index (χ4n) is 2.36. The average Bonchev–Trinajstić information content (AvgIpc) is 2.54. The van der Waals surface area contributed by atoms with Crippen molar-refractivity contribution in [2.24, 2.45) is 0 Å². The van der Waals surface area contributed by atoms with Gasteiger partial charge in [0.15, 0.2) is 0 Å². The van der Waals surface area contributed by atoms with Crippen LogP contribution >= 0.6 is 11.8 Å². The lowest BCUT2D eigenvalue weighted by Crippen LogP contribution is -2.12. The van der Waals surface area contributed by atoms with E-state index in [1.54, 1.807) is 0 Å². The summed E-state index contributed by atoms with van der Waals surface area (Å²) in [4.78, 5) is 22.7. The molecule has 2 rings (SSSR count). The maximum absolute atomic E-state index is 12.1. The van der Waals surface area contributed by atoms with Crippen LogP contribution in [0, 0.1) is 6.92 Å². The second-order valence-electron chi connectivity index (χ2n) is 5.56. The summed E-state index contributed by atoms with van der Waals surface area (Å²) >= 11 is 1.34. The molecule has 4 nitrogen and oxygen atoms in total. The summed E-state index contributed by atoms with van der Waals surface area (Å²) < 4.78 is 0. The number of aryl methyl sites for hydroxylation is 2. The number of nitrogens with one attached hydrogen (secondary N) is 1. The highest BCUT2D eigenvalue weighted by Gasteiger charge is 2.06. The number of carbonyl (C=O) groups excluding carboxylic acids is 1. The van der Waals surface area contributed by atoms with Gasteiger partial charge in [0.05, 0.1) is 5.75 Å². The molecular formula is C19H21NO3S. The number of carbonyl (C=O) groups is 2. The third-order valence-corrected chi connectivity index (χ3v) is 4.58. The second kappa shape index (κ2) is 9.13. The smallest absolute Gasteiger partial charge is 0.313 e. The minimum Gasteiger partial charge on any atom is -0.481 e. The predicted molar refractivity (Wildman–Crippen MR) is 98.4 cm³/mol. The summed E-state index contributed by atoms with van der Waals surface area (Å²) in [5.74, 6) is -0.152. The Morgan fingerprint density at radius 3 is 2.67 bits per heavy atom. The molecular weight excluding hydrogens is 322 g/mol. The van der Waals surface area contributed by atoms with Crippen molar-refractivity contribution in [1.82, 2.24) is 0 Å². The van der Waals surface area contributed by atoms with Gasteiger partial charge >= 0.3 is 5.97 Å². The predicted octanol–water partition coefficient (Wildman–Crippen LogP) is 3.88. The Morgan fingerprint density at radius 1 is 1.12 bits per heavy atom. The van der Waals surface area contributed by atoms with Gasteiger partial charge < -0.3 is 10.4 Å². The van der Waals surface area contributed by atoms with Gasteiger partial charge in [-0.2, -0.15) is 0 Å². The van der Waals surface area contributed by atoms with Crippen LogP contribution in [-0.4, -0.2) is 22.7 Å². The molecule has 0 aliphatic rings. The van der Waals surface area contributed by atoms with Crippen molar-refractivity contribution in [2.45, 2.75) is 25.5 Å². The average molecular weight is 343 g/mol. The van der Waals surface area contributed by atoms with Gasteiger partial charge in [-0.15, -0.1) is 11.8 Å². The minimum absolute atomic E-state index is 0.0198. The van der Waals surface area contributed by atoms with E-state index in [1.165, 1.54) is 22.9 Å². The van der Waals surface area contributed by atoms with Gasteiger partial charge in [0, 0.05) is 17.9 Å². The number of hydrogen-bond acceptors (Lipinski definition) is 3. The molecule has 0 spiro atoms. The van der Waals surface area contributed by atoms with Gasteiger partial charge in [-0.1, -0.05) is 36.4 Å². The first-order chi connectivity index (χ1) is 11.5. The molecule has 1 amide bonds. The van der Waals surface area contributed by atoms with Gasteiger partial charge in [0.2, 0.25) is 5.91 Å². The SMILES string of the molecule is Cc1ccccc1CCC(=O)Nc1cccc(CSCC(=O)O)c1. The van der Waals surface area contributed by atoms with Crippen molar-refractivity contribution in [3.8, 4) is 0 Å². The fourth-order valence-corrected chi connectivity index (χ4v) is 3.05. The number of rotatable bonds is 8.